The summed E-state index contributed by atoms with van der Waals surface area (Å²) in [6.07, 6.45) is 0.801. The second-order valence-corrected chi connectivity index (χ2v) is 3.88. The lowest BCUT2D eigenvalue weighted by molar-refractivity contribution is 0.296. The second kappa shape index (κ2) is 4.99. The molecule has 3 nitrogen and oxygen atoms in total. The smallest absolute Gasteiger partial charge is 0.0559 e. The van der Waals surface area contributed by atoms with Crippen LogP contribution in [0.25, 0.3) is 0 Å². The molecule has 0 aliphatic rings. The summed E-state index contributed by atoms with van der Waals surface area (Å²) in [5, 5.41) is 8.58. The molecule has 0 saturated heterocycles. The first-order valence-corrected chi connectivity index (χ1v) is 5.11. The summed E-state index contributed by atoms with van der Waals surface area (Å²) in [4.78, 5) is 1.10. The lowest BCUT2D eigenvalue weighted by Crippen LogP contribution is -1.94. The molecule has 13 heavy (non-hydrogen) atoms. The minimum atomic E-state index is 0.234. The van der Waals surface area contributed by atoms with Crippen molar-refractivity contribution in [2.45, 2.75) is 11.3 Å². The first-order chi connectivity index (χ1) is 6.24. The molecule has 0 aromatic heterocycles. The number of nitrogens with two attached hydrogens (primary N) is 2. The predicted octanol–water partition coefficient (Wildman–Crippen LogP) is 1.33. The molecule has 0 fully saturated rings. The molecular weight excluding hydrogens is 184 g/mol. The fraction of sp³-hybridized carbons (Fsp3) is 0.333. The van der Waals surface area contributed by atoms with E-state index in [1.807, 2.05) is 12.1 Å². The third-order valence-electron chi connectivity index (χ3n) is 1.63. The molecule has 0 spiro atoms. The van der Waals surface area contributed by atoms with Crippen LogP contribution in [0, 0.1) is 0 Å². The van der Waals surface area contributed by atoms with Crippen molar-refractivity contribution in [3.8, 4) is 0 Å². The van der Waals surface area contributed by atoms with E-state index in [1.54, 1.807) is 17.8 Å². The quantitative estimate of drug-likeness (QED) is 0.387. The lowest BCUT2D eigenvalue weighted by Gasteiger charge is -2.03. The van der Waals surface area contributed by atoms with Crippen LogP contribution in [0.2, 0.25) is 0 Å². The number of aliphatic hydroxyl groups excluding tert-OH is 1. The van der Waals surface area contributed by atoms with Gasteiger partial charge in [0.1, 0.15) is 0 Å². The fourth-order valence-electron chi connectivity index (χ4n) is 0.897. The van der Waals surface area contributed by atoms with Gasteiger partial charge in [-0.3, -0.25) is 0 Å². The van der Waals surface area contributed by atoms with Crippen molar-refractivity contribution < 1.29 is 5.11 Å². The summed E-state index contributed by atoms with van der Waals surface area (Å²) in [5.74, 6) is 0.903. The topological polar surface area (TPSA) is 72.3 Å². The summed E-state index contributed by atoms with van der Waals surface area (Å²) in [6.45, 7) is 0.234. The maximum atomic E-state index is 8.58. The molecule has 0 aliphatic heterocycles. The molecule has 72 valence electrons. The number of aliphatic hydroxyl groups is 1. The molecule has 5 N–H and O–H groups in total. The highest BCUT2D eigenvalue weighted by molar-refractivity contribution is 7.99. The van der Waals surface area contributed by atoms with Gasteiger partial charge in [-0.2, -0.15) is 0 Å². The molecule has 1 rings (SSSR count). The molecule has 1 aromatic rings. The van der Waals surface area contributed by atoms with Crippen molar-refractivity contribution in [2.24, 2.45) is 0 Å². The van der Waals surface area contributed by atoms with Gasteiger partial charge in [0.05, 0.1) is 11.4 Å². The van der Waals surface area contributed by atoms with Gasteiger partial charge in [0.15, 0.2) is 0 Å². The standard InChI is InChI=1S/C9H14N2OS/c10-8-3-2-7(6-9(8)11)13-5-1-4-12/h2-3,6,12H,1,4-5,10-11H2. The van der Waals surface area contributed by atoms with E-state index in [9.17, 15) is 0 Å². The number of rotatable bonds is 4. The van der Waals surface area contributed by atoms with Crippen LogP contribution in [-0.2, 0) is 0 Å². The number of benzene rings is 1. The van der Waals surface area contributed by atoms with Gasteiger partial charge in [-0.05, 0) is 24.6 Å². The van der Waals surface area contributed by atoms with E-state index in [0.29, 0.717) is 11.4 Å². The third kappa shape index (κ3) is 3.16. The first-order valence-electron chi connectivity index (χ1n) is 4.12. The predicted molar refractivity (Wildman–Crippen MR) is 57.7 cm³/mol. The highest BCUT2D eigenvalue weighted by Crippen LogP contribution is 2.24. The molecule has 0 atom stereocenters. The van der Waals surface area contributed by atoms with Gasteiger partial charge >= 0.3 is 0 Å². The van der Waals surface area contributed by atoms with E-state index in [0.717, 1.165) is 17.1 Å². The van der Waals surface area contributed by atoms with Gasteiger partial charge < -0.3 is 16.6 Å². The Hall–Kier alpha value is -0.870. The zero-order valence-electron chi connectivity index (χ0n) is 7.36. The molecule has 1 aromatic carbocycles. The second-order valence-electron chi connectivity index (χ2n) is 2.72. The normalized spacial score (nSPS) is 10.2. The van der Waals surface area contributed by atoms with Crippen LogP contribution in [0.15, 0.2) is 23.1 Å². The van der Waals surface area contributed by atoms with Gasteiger partial charge in [-0.1, -0.05) is 0 Å². The largest absolute Gasteiger partial charge is 0.397 e. The van der Waals surface area contributed by atoms with Crippen molar-refractivity contribution in [3.63, 3.8) is 0 Å². The molecule has 0 radical (unpaired) electrons. The van der Waals surface area contributed by atoms with Gasteiger partial charge in [0.25, 0.3) is 0 Å². The third-order valence-corrected chi connectivity index (χ3v) is 2.71. The molecule has 0 unspecified atom stereocenters. The van der Waals surface area contributed by atoms with Gasteiger partial charge in [-0.25, -0.2) is 0 Å². The Bertz CT molecular complexity index is 278. The monoisotopic (exact) mass is 198 g/mol. The van der Waals surface area contributed by atoms with Gasteiger partial charge in [-0.15, -0.1) is 11.8 Å². The highest BCUT2D eigenvalue weighted by atomic mass is 32.2. The molecule has 0 aliphatic carbocycles. The first kappa shape index (κ1) is 10.2. The highest BCUT2D eigenvalue weighted by Gasteiger charge is 1.97. The number of hydrogen-bond acceptors (Lipinski definition) is 4. The van der Waals surface area contributed by atoms with Crippen LogP contribution >= 0.6 is 11.8 Å². The van der Waals surface area contributed by atoms with E-state index >= 15 is 0 Å². The molecular formula is C9H14N2OS. The SMILES string of the molecule is Nc1ccc(SCCCO)cc1N. The lowest BCUT2D eigenvalue weighted by atomic mass is 10.3. The Morgan fingerprint density at radius 1 is 1.23 bits per heavy atom. The van der Waals surface area contributed by atoms with Crippen LogP contribution in [0.3, 0.4) is 0 Å². The zero-order valence-corrected chi connectivity index (χ0v) is 8.18. The van der Waals surface area contributed by atoms with Gasteiger partial charge in [0.2, 0.25) is 0 Å². The van der Waals surface area contributed by atoms with Crippen molar-refractivity contribution in [3.05, 3.63) is 18.2 Å². The van der Waals surface area contributed by atoms with Crippen molar-refractivity contribution >= 4 is 23.1 Å². The van der Waals surface area contributed by atoms with Crippen LogP contribution in [0.1, 0.15) is 6.42 Å². The molecule has 0 heterocycles. The maximum Gasteiger partial charge on any atom is 0.0559 e. The van der Waals surface area contributed by atoms with Crippen LogP contribution in [-0.4, -0.2) is 17.5 Å². The Labute approximate surface area is 82.1 Å². The summed E-state index contributed by atoms with van der Waals surface area (Å²) in [7, 11) is 0. The van der Waals surface area contributed by atoms with Gasteiger partial charge in [0, 0.05) is 17.3 Å². The zero-order chi connectivity index (χ0) is 9.68. The minimum absolute atomic E-state index is 0.234. The summed E-state index contributed by atoms with van der Waals surface area (Å²) in [6, 6.07) is 5.60. The molecule has 0 saturated carbocycles. The summed E-state index contributed by atoms with van der Waals surface area (Å²) in [5.41, 5.74) is 12.4. The van der Waals surface area contributed by atoms with Crippen LogP contribution in [0.5, 0.6) is 0 Å². The maximum absolute atomic E-state index is 8.58. The number of anilines is 2. The number of thioether (sulfide) groups is 1. The van der Waals surface area contributed by atoms with E-state index in [4.69, 9.17) is 16.6 Å². The average molecular weight is 198 g/mol. The summed E-state index contributed by atoms with van der Waals surface area (Å²) < 4.78 is 0. The Morgan fingerprint density at radius 2 is 2.00 bits per heavy atom. The molecule has 0 bridgehead atoms. The Balaban J connectivity index is 2.53. The minimum Gasteiger partial charge on any atom is -0.397 e. The van der Waals surface area contributed by atoms with Crippen LogP contribution < -0.4 is 11.5 Å². The van der Waals surface area contributed by atoms with E-state index in [2.05, 4.69) is 0 Å². The Kier molecular flexibility index (Phi) is 3.92. The summed E-state index contributed by atoms with van der Waals surface area (Å²) >= 11 is 1.67. The molecule has 0 amide bonds. The average Bonchev–Trinajstić information content (AvgIpc) is 2.12. The number of nitrogen functional groups attached to an aromatic ring is 2. The van der Waals surface area contributed by atoms with Crippen molar-refractivity contribution in [1.29, 1.82) is 0 Å². The fourth-order valence-corrected chi connectivity index (χ4v) is 1.78. The van der Waals surface area contributed by atoms with E-state index in [1.165, 1.54) is 0 Å². The van der Waals surface area contributed by atoms with Crippen molar-refractivity contribution in [2.75, 3.05) is 23.8 Å². The van der Waals surface area contributed by atoms with Crippen molar-refractivity contribution in [1.82, 2.24) is 0 Å². The molecule has 4 heteroatoms. The number of hydrogen-bond donors (Lipinski definition) is 3. The van der Waals surface area contributed by atoms with Crippen LogP contribution in [0.4, 0.5) is 11.4 Å². The van der Waals surface area contributed by atoms with E-state index in [-0.39, 0.29) is 6.61 Å². The van der Waals surface area contributed by atoms with E-state index < -0.39 is 0 Å². The Morgan fingerprint density at radius 3 is 2.62 bits per heavy atom.